The molecule has 0 saturated carbocycles. The predicted molar refractivity (Wildman–Crippen MR) is 123 cm³/mol. The molecule has 7 nitrogen and oxygen atoms in total. The second kappa shape index (κ2) is 8.89. The number of benzene rings is 1. The number of nitrogens with zero attached hydrogens (tertiary/aromatic N) is 2. The molecule has 9 heteroatoms. The standard InChI is InChI=1S/C22H18ClN3O4S/c1-12(24-8-9-27)25-19-18-15(13-4-6-14(23)7-5-13)11-16(17-3-2-10-30-17)26-21(18)31-20(19)22(28)29/h2-7,10-11,27H,8-9H2,1H3,(H,24,25)(H,28,29). The molecule has 3 heterocycles. The van der Waals surface area contributed by atoms with Crippen LogP contribution in [0.4, 0.5) is 5.69 Å². The Kier molecular flexibility index (Phi) is 6.03. The van der Waals surface area contributed by atoms with Crippen LogP contribution in [0.25, 0.3) is 32.8 Å². The highest BCUT2D eigenvalue weighted by Crippen LogP contribution is 2.43. The van der Waals surface area contributed by atoms with Gasteiger partial charge in [0.05, 0.1) is 30.9 Å². The van der Waals surface area contributed by atoms with E-state index in [0.29, 0.717) is 38.2 Å². The van der Waals surface area contributed by atoms with Gasteiger partial charge in [-0.25, -0.2) is 9.78 Å². The maximum Gasteiger partial charge on any atom is 0.348 e. The maximum absolute atomic E-state index is 12.0. The van der Waals surface area contributed by atoms with Gasteiger partial charge in [-0.3, -0.25) is 4.99 Å². The molecular formula is C22H18ClN3O4S. The molecule has 158 valence electrons. The highest BCUT2D eigenvalue weighted by atomic mass is 35.5. The number of aromatic nitrogens is 1. The zero-order chi connectivity index (χ0) is 22.0. The monoisotopic (exact) mass is 455 g/mol. The number of aliphatic imine (C=N–C) groups is 1. The van der Waals surface area contributed by atoms with Gasteiger partial charge in [-0.1, -0.05) is 23.7 Å². The van der Waals surface area contributed by atoms with Crippen molar-refractivity contribution in [3.8, 4) is 22.6 Å². The van der Waals surface area contributed by atoms with Crippen LogP contribution in [0.2, 0.25) is 5.02 Å². The van der Waals surface area contributed by atoms with Crippen molar-refractivity contribution in [1.82, 2.24) is 4.98 Å². The largest absolute Gasteiger partial charge is 0.477 e. The molecule has 3 aromatic heterocycles. The van der Waals surface area contributed by atoms with Crippen LogP contribution in [0.3, 0.4) is 0 Å². The number of halogens is 1. The van der Waals surface area contributed by atoms with Crippen LogP contribution in [-0.2, 0) is 0 Å². The Morgan fingerprint density at radius 1 is 1.29 bits per heavy atom. The summed E-state index contributed by atoms with van der Waals surface area (Å²) in [7, 11) is 0. The third-order valence-electron chi connectivity index (χ3n) is 4.54. The van der Waals surface area contributed by atoms with E-state index in [0.717, 1.165) is 22.5 Å². The van der Waals surface area contributed by atoms with Crippen LogP contribution in [-0.4, -0.2) is 40.2 Å². The van der Waals surface area contributed by atoms with Crippen molar-refractivity contribution in [2.75, 3.05) is 18.5 Å². The number of hydrogen-bond donors (Lipinski definition) is 3. The summed E-state index contributed by atoms with van der Waals surface area (Å²) in [6.45, 7) is 1.84. The lowest BCUT2D eigenvalue weighted by Crippen LogP contribution is -2.11. The fourth-order valence-electron chi connectivity index (χ4n) is 3.21. The van der Waals surface area contributed by atoms with Gasteiger partial charge in [0.15, 0.2) is 5.76 Å². The first-order chi connectivity index (χ1) is 15.0. The average Bonchev–Trinajstić information content (AvgIpc) is 3.41. The van der Waals surface area contributed by atoms with Crippen LogP contribution < -0.4 is 5.32 Å². The fraction of sp³-hybridized carbons (Fsp3) is 0.136. The van der Waals surface area contributed by atoms with Crippen LogP contribution in [0.5, 0.6) is 0 Å². The number of amidine groups is 1. The van der Waals surface area contributed by atoms with E-state index in [2.05, 4.69) is 15.3 Å². The first-order valence-corrected chi connectivity index (χ1v) is 10.6. The molecule has 31 heavy (non-hydrogen) atoms. The van der Waals surface area contributed by atoms with Gasteiger partial charge in [-0.05, 0) is 48.4 Å². The molecule has 0 saturated heterocycles. The Morgan fingerprint density at radius 2 is 2.06 bits per heavy atom. The van der Waals surface area contributed by atoms with Crippen LogP contribution in [0.1, 0.15) is 16.6 Å². The van der Waals surface area contributed by atoms with Crippen molar-refractivity contribution in [2.45, 2.75) is 6.92 Å². The minimum absolute atomic E-state index is 0.0979. The highest BCUT2D eigenvalue weighted by molar-refractivity contribution is 7.21. The molecular weight excluding hydrogens is 438 g/mol. The molecule has 0 unspecified atom stereocenters. The Hall–Kier alpha value is -3.20. The van der Waals surface area contributed by atoms with Crippen molar-refractivity contribution >= 4 is 50.6 Å². The number of carbonyl (C=O) groups is 1. The van der Waals surface area contributed by atoms with Crippen molar-refractivity contribution in [3.63, 3.8) is 0 Å². The van der Waals surface area contributed by atoms with Gasteiger partial charge in [0.25, 0.3) is 0 Å². The van der Waals surface area contributed by atoms with E-state index in [-0.39, 0.29) is 18.0 Å². The number of thiophene rings is 1. The average molecular weight is 456 g/mol. The highest BCUT2D eigenvalue weighted by Gasteiger charge is 2.24. The Bertz CT molecular complexity index is 1260. The molecule has 0 radical (unpaired) electrons. The minimum Gasteiger partial charge on any atom is -0.477 e. The molecule has 0 fully saturated rings. The summed E-state index contributed by atoms with van der Waals surface area (Å²) in [6.07, 6.45) is 1.56. The van der Waals surface area contributed by atoms with E-state index in [1.54, 1.807) is 37.5 Å². The summed E-state index contributed by atoms with van der Waals surface area (Å²) < 4.78 is 5.52. The van der Waals surface area contributed by atoms with Gasteiger partial charge in [0, 0.05) is 10.4 Å². The number of aliphatic hydroxyl groups excluding tert-OH is 1. The first-order valence-electron chi connectivity index (χ1n) is 9.37. The molecule has 0 aliphatic rings. The van der Waals surface area contributed by atoms with Crippen LogP contribution in [0.15, 0.2) is 58.1 Å². The normalized spacial score (nSPS) is 11.8. The molecule has 4 aromatic rings. The molecule has 3 N–H and O–H groups in total. The second-order valence-corrected chi connectivity index (χ2v) is 8.08. The predicted octanol–water partition coefficient (Wildman–Crippen LogP) is 5.40. The van der Waals surface area contributed by atoms with Crippen LogP contribution in [0, 0.1) is 0 Å². The summed E-state index contributed by atoms with van der Waals surface area (Å²) >= 11 is 7.15. The Morgan fingerprint density at radius 3 is 2.71 bits per heavy atom. The van der Waals surface area contributed by atoms with Gasteiger partial charge in [-0.2, -0.15) is 0 Å². The van der Waals surface area contributed by atoms with Gasteiger partial charge >= 0.3 is 5.97 Å². The second-order valence-electron chi connectivity index (χ2n) is 6.65. The molecule has 4 rings (SSSR count). The van der Waals surface area contributed by atoms with E-state index in [1.807, 2.05) is 18.2 Å². The molecule has 0 spiro atoms. The van der Waals surface area contributed by atoms with Crippen LogP contribution >= 0.6 is 22.9 Å². The third-order valence-corrected chi connectivity index (χ3v) is 5.86. The number of hydrogen-bond acceptors (Lipinski definition) is 6. The smallest absolute Gasteiger partial charge is 0.348 e. The van der Waals surface area contributed by atoms with Gasteiger partial charge < -0.3 is 19.9 Å². The summed E-state index contributed by atoms with van der Waals surface area (Å²) in [5.74, 6) is 0.00747. The van der Waals surface area contributed by atoms with E-state index in [4.69, 9.17) is 21.1 Å². The number of aliphatic hydroxyl groups is 1. The number of furan rings is 1. The number of rotatable bonds is 6. The summed E-state index contributed by atoms with van der Waals surface area (Å²) in [6, 6.07) is 12.7. The summed E-state index contributed by atoms with van der Waals surface area (Å²) in [4.78, 5) is 21.6. The molecule has 0 aliphatic carbocycles. The summed E-state index contributed by atoms with van der Waals surface area (Å²) in [5.41, 5.74) is 2.65. The molecule has 0 atom stereocenters. The zero-order valence-electron chi connectivity index (χ0n) is 16.4. The first kappa shape index (κ1) is 21.0. The van der Waals surface area contributed by atoms with Crippen molar-refractivity contribution in [1.29, 1.82) is 0 Å². The van der Waals surface area contributed by atoms with E-state index >= 15 is 0 Å². The number of carboxylic acids is 1. The quantitative estimate of drug-likeness (QED) is 0.265. The number of anilines is 1. The third kappa shape index (κ3) is 4.32. The van der Waals surface area contributed by atoms with Gasteiger partial charge in [0.1, 0.15) is 15.4 Å². The van der Waals surface area contributed by atoms with Crippen molar-refractivity contribution in [2.24, 2.45) is 4.99 Å². The molecule has 0 aliphatic heterocycles. The maximum atomic E-state index is 12.0. The number of aromatic carboxylic acids is 1. The fourth-order valence-corrected chi connectivity index (χ4v) is 4.33. The van der Waals surface area contributed by atoms with Gasteiger partial charge in [-0.15, -0.1) is 11.3 Å². The van der Waals surface area contributed by atoms with E-state index in [1.165, 1.54) is 0 Å². The molecule has 0 bridgehead atoms. The van der Waals surface area contributed by atoms with Gasteiger partial charge in [0.2, 0.25) is 0 Å². The van der Waals surface area contributed by atoms with Crippen molar-refractivity contribution in [3.05, 3.63) is 58.6 Å². The van der Waals surface area contributed by atoms with E-state index < -0.39 is 5.97 Å². The lowest BCUT2D eigenvalue weighted by atomic mass is 10.0. The minimum atomic E-state index is -1.07. The number of nitrogens with one attached hydrogen (secondary N) is 1. The topological polar surface area (TPSA) is 108 Å². The lowest BCUT2D eigenvalue weighted by molar-refractivity contribution is 0.0703. The lowest BCUT2D eigenvalue weighted by Gasteiger charge is -2.11. The molecule has 0 amide bonds. The number of fused-ring (bicyclic) bond motifs is 1. The summed E-state index contributed by atoms with van der Waals surface area (Å²) in [5, 5.41) is 23.2. The number of carboxylic acid groups (broad SMARTS) is 1. The molecule has 1 aromatic carbocycles. The zero-order valence-corrected chi connectivity index (χ0v) is 18.0. The Labute approximate surface area is 186 Å². The Balaban J connectivity index is 2.00. The van der Waals surface area contributed by atoms with Crippen molar-refractivity contribution < 1.29 is 19.4 Å². The SMILES string of the molecule is CC(=NCCO)Nc1c(C(=O)O)sc2nc(-c3ccco3)cc(-c3ccc(Cl)cc3)c12. The number of pyridine rings is 1. The van der Waals surface area contributed by atoms with E-state index in [9.17, 15) is 9.90 Å².